The van der Waals surface area contributed by atoms with Crippen LogP contribution >= 0.6 is 0 Å². The van der Waals surface area contributed by atoms with E-state index in [1.165, 1.54) is 22.3 Å². The number of aryl methyl sites for hydroxylation is 2. The molecule has 3 heteroatoms. The summed E-state index contributed by atoms with van der Waals surface area (Å²) in [5.41, 5.74) is 8.39. The molecule has 1 aliphatic carbocycles. The number of benzene rings is 1. The summed E-state index contributed by atoms with van der Waals surface area (Å²) in [5, 5.41) is 0. The summed E-state index contributed by atoms with van der Waals surface area (Å²) >= 11 is 0. The average molecular weight is 270 g/mol. The van der Waals surface area contributed by atoms with Gasteiger partial charge < -0.3 is 4.42 Å². The van der Waals surface area contributed by atoms with Gasteiger partial charge >= 0.3 is 0 Å². The molecular formula is C17H22N2O. The van der Waals surface area contributed by atoms with E-state index in [1.54, 1.807) is 0 Å². The second-order valence-corrected chi connectivity index (χ2v) is 5.81. The lowest BCUT2D eigenvalue weighted by atomic mass is 9.73. The fourth-order valence-corrected chi connectivity index (χ4v) is 3.45. The van der Waals surface area contributed by atoms with Crippen LogP contribution in [0.1, 0.15) is 52.2 Å². The monoisotopic (exact) mass is 270 g/mol. The number of hydrazine groups is 1. The maximum atomic E-state index is 5.81. The van der Waals surface area contributed by atoms with Crippen LogP contribution in [0, 0.1) is 20.8 Å². The molecule has 0 bridgehead atoms. The Labute approximate surface area is 120 Å². The fraction of sp³-hybridized carbons (Fsp3) is 0.412. The molecule has 106 valence electrons. The molecule has 1 heterocycles. The standard InChI is InChI=1S/C17H22N2O/c1-10-11(2)20-12(3)17(10)16(19-18)9-14-8-13-6-4-5-7-15(13)14/h4-7,14,16,19H,8-9,18H2,1-3H3. The molecule has 0 saturated carbocycles. The minimum atomic E-state index is 0.158. The number of fused-ring (bicyclic) bond motifs is 1. The lowest BCUT2D eigenvalue weighted by Crippen LogP contribution is -2.32. The maximum Gasteiger partial charge on any atom is 0.106 e. The van der Waals surface area contributed by atoms with Crippen LogP contribution in [-0.2, 0) is 6.42 Å². The van der Waals surface area contributed by atoms with Crippen LogP contribution in [0.25, 0.3) is 0 Å². The zero-order chi connectivity index (χ0) is 14.3. The van der Waals surface area contributed by atoms with Crippen molar-refractivity contribution >= 4 is 0 Å². The van der Waals surface area contributed by atoms with E-state index in [9.17, 15) is 0 Å². The van der Waals surface area contributed by atoms with Gasteiger partial charge in [-0.2, -0.15) is 0 Å². The van der Waals surface area contributed by atoms with Crippen LogP contribution in [0.3, 0.4) is 0 Å². The Hall–Kier alpha value is -1.58. The van der Waals surface area contributed by atoms with E-state index < -0.39 is 0 Å². The molecule has 3 nitrogen and oxygen atoms in total. The van der Waals surface area contributed by atoms with Gasteiger partial charge in [-0.15, -0.1) is 0 Å². The summed E-state index contributed by atoms with van der Waals surface area (Å²) in [5.74, 6) is 8.38. The molecule has 0 spiro atoms. The lowest BCUT2D eigenvalue weighted by molar-refractivity contribution is 0.424. The molecule has 3 N–H and O–H groups in total. The summed E-state index contributed by atoms with van der Waals surface area (Å²) in [6.45, 7) is 6.15. The van der Waals surface area contributed by atoms with E-state index in [1.807, 2.05) is 13.8 Å². The van der Waals surface area contributed by atoms with Crippen molar-refractivity contribution in [2.24, 2.45) is 5.84 Å². The first-order chi connectivity index (χ1) is 9.61. The largest absolute Gasteiger partial charge is 0.466 e. The van der Waals surface area contributed by atoms with Gasteiger partial charge in [0, 0.05) is 5.56 Å². The van der Waals surface area contributed by atoms with Crippen molar-refractivity contribution in [2.75, 3.05) is 0 Å². The molecule has 1 aliphatic rings. The Balaban J connectivity index is 1.82. The number of rotatable bonds is 4. The Morgan fingerprint density at radius 1 is 1.25 bits per heavy atom. The third-order valence-corrected chi connectivity index (χ3v) is 4.65. The SMILES string of the molecule is Cc1oc(C)c(C(CC2Cc3ccccc32)NN)c1C. The van der Waals surface area contributed by atoms with Crippen LogP contribution in [-0.4, -0.2) is 0 Å². The van der Waals surface area contributed by atoms with Crippen molar-refractivity contribution in [3.63, 3.8) is 0 Å². The van der Waals surface area contributed by atoms with Crippen LogP contribution < -0.4 is 11.3 Å². The highest BCUT2D eigenvalue weighted by Gasteiger charge is 2.30. The molecule has 1 aromatic carbocycles. The molecule has 0 fully saturated rings. The summed E-state index contributed by atoms with van der Waals surface area (Å²) < 4.78 is 5.74. The Morgan fingerprint density at radius 2 is 2.00 bits per heavy atom. The van der Waals surface area contributed by atoms with E-state index in [4.69, 9.17) is 10.3 Å². The highest BCUT2D eigenvalue weighted by molar-refractivity contribution is 5.41. The van der Waals surface area contributed by atoms with Gasteiger partial charge in [0.25, 0.3) is 0 Å². The third kappa shape index (κ3) is 2.07. The summed E-state index contributed by atoms with van der Waals surface area (Å²) in [7, 11) is 0. The molecule has 2 unspecified atom stereocenters. The van der Waals surface area contributed by atoms with Crippen molar-refractivity contribution in [1.29, 1.82) is 0 Å². The summed E-state index contributed by atoms with van der Waals surface area (Å²) in [6, 6.07) is 8.84. The molecule has 0 radical (unpaired) electrons. The molecule has 20 heavy (non-hydrogen) atoms. The highest BCUT2D eigenvalue weighted by Crippen LogP contribution is 2.42. The number of nitrogens with two attached hydrogens (primary N) is 1. The second kappa shape index (κ2) is 5.08. The van der Waals surface area contributed by atoms with Crippen molar-refractivity contribution in [2.45, 2.75) is 45.6 Å². The van der Waals surface area contributed by atoms with Crippen LogP contribution in [0.5, 0.6) is 0 Å². The van der Waals surface area contributed by atoms with Gasteiger partial charge in [0.05, 0.1) is 6.04 Å². The zero-order valence-corrected chi connectivity index (χ0v) is 12.4. The van der Waals surface area contributed by atoms with E-state index in [0.29, 0.717) is 5.92 Å². The minimum absolute atomic E-state index is 0.158. The summed E-state index contributed by atoms with van der Waals surface area (Å²) in [4.78, 5) is 0. The number of furan rings is 1. The van der Waals surface area contributed by atoms with Gasteiger partial charge in [0.15, 0.2) is 0 Å². The normalized spacial score (nSPS) is 18.5. The number of hydrogen-bond donors (Lipinski definition) is 2. The van der Waals surface area contributed by atoms with Crippen LogP contribution in [0.15, 0.2) is 28.7 Å². The van der Waals surface area contributed by atoms with Crippen molar-refractivity contribution in [3.8, 4) is 0 Å². The van der Waals surface area contributed by atoms with E-state index >= 15 is 0 Å². The molecule has 2 aromatic rings. The summed E-state index contributed by atoms with van der Waals surface area (Å²) in [6.07, 6.45) is 2.18. The third-order valence-electron chi connectivity index (χ3n) is 4.65. The Morgan fingerprint density at radius 3 is 2.60 bits per heavy atom. The first-order valence-corrected chi connectivity index (χ1v) is 7.22. The van der Waals surface area contributed by atoms with Crippen molar-refractivity contribution < 1.29 is 4.42 Å². The lowest BCUT2D eigenvalue weighted by Gasteiger charge is -2.33. The van der Waals surface area contributed by atoms with E-state index in [2.05, 4.69) is 36.6 Å². The zero-order valence-electron chi connectivity index (χ0n) is 12.4. The van der Waals surface area contributed by atoms with Gasteiger partial charge in [-0.3, -0.25) is 11.3 Å². The first-order valence-electron chi connectivity index (χ1n) is 7.22. The Kier molecular flexibility index (Phi) is 3.40. The van der Waals surface area contributed by atoms with E-state index in [-0.39, 0.29) is 6.04 Å². The topological polar surface area (TPSA) is 51.2 Å². The molecule has 2 atom stereocenters. The average Bonchev–Trinajstić information content (AvgIpc) is 2.66. The molecule has 0 saturated heterocycles. The molecular weight excluding hydrogens is 248 g/mol. The molecule has 1 aromatic heterocycles. The van der Waals surface area contributed by atoms with Gasteiger partial charge in [-0.25, -0.2) is 0 Å². The second-order valence-electron chi connectivity index (χ2n) is 5.81. The van der Waals surface area contributed by atoms with Crippen molar-refractivity contribution in [3.05, 3.63) is 58.0 Å². The first kappa shape index (κ1) is 13.4. The molecule has 3 rings (SSSR count). The quantitative estimate of drug-likeness (QED) is 0.661. The Bertz CT molecular complexity index is 630. The molecule has 0 amide bonds. The predicted molar refractivity (Wildman–Crippen MR) is 80.5 cm³/mol. The fourth-order valence-electron chi connectivity index (χ4n) is 3.45. The predicted octanol–water partition coefficient (Wildman–Crippen LogP) is 3.44. The smallest absolute Gasteiger partial charge is 0.106 e. The van der Waals surface area contributed by atoms with Gasteiger partial charge in [0.1, 0.15) is 11.5 Å². The van der Waals surface area contributed by atoms with Gasteiger partial charge in [-0.05, 0) is 56.2 Å². The minimum Gasteiger partial charge on any atom is -0.466 e. The van der Waals surface area contributed by atoms with Crippen LogP contribution in [0.2, 0.25) is 0 Å². The van der Waals surface area contributed by atoms with Crippen LogP contribution in [0.4, 0.5) is 0 Å². The number of nitrogens with one attached hydrogen (secondary N) is 1. The number of hydrogen-bond acceptors (Lipinski definition) is 3. The van der Waals surface area contributed by atoms with Gasteiger partial charge in [-0.1, -0.05) is 24.3 Å². The van der Waals surface area contributed by atoms with E-state index in [0.717, 1.165) is 24.4 Å². The van der Waals surface area contributed by atoms with Gasteiger partial charge in [0.2, 0.25) is 0 Å². The highest BCUT2D eigenvalue weighted by atomic mass is 16.3. The maximum absolute atomic E-state index is 5.81. The van der Waals surface area contributed by atoms with Crippen molar-refractivity contribution in [1.82, 2.24) is 5.43 Å². The molecule has 0 aliphatic heterocycles.